The monoisotopic (exact) mass is 346 g/mol. The van der Waals surface area contributed by atoms with Crippen LogP contribution in [0.3, 0.4) is 0 Å². The molecule has 0 aromatic heterocycles. The number of esters is 2. The summed E-state index contributed by atoms with van der Waals surface area (Å²) in [6.07, 6.45) is 10.6. The fourth-order valence-corrected chi connectivity index (χ4v) is 2.22. The molecule has 0 atom stereocenters. The highest BCUT2D eigenvalue weighted by Gasteiger charge is 2.06. The maximum Gasteiger partial charge on any atom is 0.331 e. The molecule has 0 saturated heterocycles. The van der Waals surface area contributed by atoms with Gasteiger partial charge < -0.3 is 9.47 Å². The smallest absolute Gasteiger partial charge is 0.331 e. The predicted molar refractivity (Wildman–Crippen MR) is 93.6 cm³/mol. The molecule has 0 aromatic carbocycles. The Kier molecular flexibility index (Phi) is 15.1. The lowest BCUT2D eigenvalue weighted by Crippen LogP contribution is -2.12. The molecular formula is C18H31ClO4. The Morgan fingerprint density at radius 3 is 1.96 bits per heavy atom. The second-order valence-corrected chi connectivity index (χ2v) is 6.00. The van der Waals surface area contributed by atoms with Crippen LogP contribution in [0.5, 0.6) is 0 Å². The molecule has 0 saturated carbocycles. The summed E-state index contributed by atoms with van der Waals surface area (Å²) in [6.45, 7) is 4.91. The van der Waals surface area contributed by atoms with Crippen LogP contribution in [0, 0.1) is 5.92 Å². The van der Waals surface area contributed by atoms with Crippen molar-refractivity contribution in [1.29, 1.82) is 0 Å². The molecule has 0 fully saturated rings. The van der Waals surface area contributed by atoms with Crippen molar-refractivity contribution in [2.45, 2.75) is 65.2 Å². The van der Waals surface area contributed by atoms with Gasteiger partial charge >= 0.3 is 11.9 Å². The molecule has 0 rings (SSSR count). The normalized spacial score (nSPS) is 11.1. The second-order valence-electron chi connectivity index (χ2n) is 5.62. The van der Waals surface area contributed by atoms with E-state index in [2.05, 4.69) is 13.8 Å². The minimum atomic E-state index is -0.494. The van der Waals surface area contributed by atoms with Crippen LogP contribution < -0.4 is 0 Å². The van der Waals surface area contributed by atoms with Crippen molar-refractivity contribution >= 4 is 23.5 Å². The highest BCUT2D eigenvalue weighted by Crippen LogP contribution is 2.08. The van der Waals surface area contributed by atoms with Gasteiger partial charge in [-0.25, -0.2) is 9.59 Å². The van der Waals surface area contributed by atoms with Crippen LogP contribution in [0.15, 0.2) is 12.2 Å². The van der Waals surface area contributed by atoms with E-state index in [1.165, 1.54) is 6.42 Å². The molecule has 0 aliphatic carbocycles. The largest absolute Gasteiger partial charge is 0.463 e. The Labute approximate surface area is 145 Å². The van der Waals surface area contributed by atoms with E-state index in [1.807, 2.05) is 0 Å². The zero-order valence-electron chi connectivity index (χ0n) is 14.5. The molecule has 0 spiro atoms. The van der Waals surface area contributed by atoms with Crippen LogP contribution in [-0.4, -0.2) is 31.0 Å². The van der Waals surface area contributed by atoms with Crippen molar-refractivity contribution in [3.8, 4) is 0 Å². The van der Waals surface area contributed by atoms with E-state index in [4.69, 9.17) is 21.1 Å². The fourth-order valence-electron chi connectivity index (χ4n) is 2.03. The van der Waals surface area contributed by atoms with E-state index < -0.39 is 11.9 Å². The van der Waals surface area contributed by atoms with E-state index in [0.29, 0.717) is 19.1 Å². The third kappa shape index (κ3) is 14.3. The molecule has 134 valence electrons. The van der Waals surface area contributed by atoms with Crippen LogP contribution in [0.25, 0.3) is 0 Å². The number of carbonyl (C=O) groups excluding carboxylic acids is 2. The first kappa shape index (κ1) is 22.0. The van der Waals surface area contributed by atoms with Gasteiger partial charge in [-0.15, -0.1) is 11.6 Å². The SMILES string of the molecule is CCC(CC)COC(=O)/C=C/C(=O)OCCCCCCCCCl. The van der Waals surface area contributed by atoms with E-state index in [-0.39, 0.29) is 0 Å². The van der Waals surface area contributed by atoms with Crippen molar-refractivity contribution in [1.82, 2.24) is 0 Å². The van der Waals surface area contributed by atoms with Gasteiger partial charge in [-0.3, -0.25) is 0 Å². The number of rotatable bonds is 14. The first-order chi connectivity index (χ1) is 11.1. The highest BCUT2D eigenvalue weighted by molar-refractivity contribution is 6.17. The summed E-state index contributed by atoms with van der Waals surface area (Å²) in [6, 6.07) is 0. The summed E-state index contributed by atoms with van der Waals surface area (Å²) in [5.74, 6) is 0.118. The number of halogens is 1. The Hall–Kier alpha value is -1.03. The molecule has 0 N–H and O–H groups in total. The summed E-state index contributed by atoms with van der Waals surface area (Å²) < 4.78 is 10.1. The van der Waals surface area contributed by atoms with Gasteiger partial charge in [0, 0.05) is 18.0 Å². The summed E-state index contributed by atoms with van der Waals surface area (Å²) in [4.78, 5) is 22.9. The summed E-state index contributed by atoms with van der Waals surface area (Å²) in [5, 5.41) is 0. The standard InChI is InChI=1S/C18H31ClO4/c1-3-16(4-2)15-23-18(21)12-11-17(20)22-14-10-8-6-5-7-9-13-19/h11-12,16H,3-10,13-15H2,1-2H3/b12-11+. The molecule has 0 aliphatic heterocycles. The molecule has 0 aromatic rings. The highest BCUT2D eigenvalue weighted by atomic mass is 35.5. The van der Waals surface area contributed by atoms with Crippen LogP contribution in [0.2, 0.25) is 0 Å². The maximum absolute atomic E-state index is 11.5. The number of hydrogen-bond acceptors (Lipinski definition) is 4. The van der Waals surface area contributed by atoms with Crippen molar-refractivity contribution in [3.05, 3.63) is 12.2 Å². The van der Waals surface area contributed by atoms with E-state index in [9.17, 15) is 9.59 Å². The molecule has 0 amide bonds. The fraction of sp³-hybridized carbons (Fsp3) is 0.778. The molecule has 5 heteroatoms. The zero-order chi connectivity index (χ0) is 17.3. The Morgan fingerprint density at radius 2 is 1.39 bits per heavy atom. The van der Waals surface area contributed by atoms with Gasteiger partial charge in [0.1, 0.15) is 0 Å². The minimum absolute atomic E-state index is 0.378. The van der Waals surface area contributed by atoms with Crippen LogP contribution in [-0.2, 0) is 19.1 Å². The second kappa shape index (κ2) is 15.9. The number of carbonyl (C=O) groups is 2. The summed E-state index contributed by atoms with van der Waals surface area (Å²) >= 11 is 5.60. The summed E-state index contributed by atoms with van der Waals surface area (Å²) in [5.41, 5.74) is 0. The molecular weight excluding hydrogens is 316 g/mol. The van der Waals surface area contributed by atoms with Gasteiger partial charge in [-0.1, -0.05) is 52.4 Å². The van der Waals surface area contributed by atoms with Gasteiger partial charge in [-0.2, -0.15) is 0 Å². The van der Waals surface area contributed by atoms with Gasteiger partial charge in [0.25, 0.3) is 0 Å². The predicted octanol–water partition coefficient (Wildman–Crippen LogP) is 4.64. The number of hydrogen-bond donors (Lipinski definition) is 0. The Bertz CT molecular complexity index is 338. The number of ether oxygens (including phenoxy) is 2. The molecule has 0 radical (unpaired) electrons. The average Bonchev–Trinajstić information content (AvgIpc) is 2.56. The number of unbranched alkanes of at least 4 members (excludes halogenated alkanes) is 5. The lowest BCUT2D eigenvalue weighted by atomic mass is 10.1. The number of alkyl halides is 1. The molecule has 0 heterocycles. The van der Waals surface area contributed by atoms with Crippen LogP contribution in [0.4, 0.5) is 0 Å². The zero-order valence-corrected chi connectivity index (χ0v) is 15.3. The minimum Gasteiger partial charge on any atom is -0.463 e. The van der Waals surface area contributed by atoms with E-state index in [1.54, 1.807) is 0 Å². The lowest BCUT2D eigenvalue weighted by molar-refractivity contribution is -0.141. The van der Waals surface area contributed by atoms with Gasteiger partial charge in [-0.05, 0) is 18.8 Å². The Morgan fingerprint density at radius 1 is 0.870 bits per heavy atom. The van der Waals surface area contributed by atoms with Crippen LogP contribution in [0.1, 0.15) is 65.2 Å². The quantitative estimate of drug-likeness (QED) is 0.199. The molecule has 4 nitrogen and oxygen atoms in total. The first-order valence-electron chi connectivity index (χ1n) is 8.71. The topological polar surface area (TPSA) is 52.6 Å². The Balaban J connectivity index is 3.62. The average molecular weight is 347 g/mol. The van der Waals surface area contributed by atoms with E-state index in [0.717, 1.165) is 63.0 Å². The third-order valence-corrected chi connectivity index (χ3v) is 4.01. The van der Waals surface area contributed by atoms with Gasteiger partial charge in [0.05, 0.1) is 13.2 Å². The molecule has 23 heavy (non-hydrogen) atoms. The van der Waals surface area contributed by atoms with Crippen molar-refractivity contribution < 1.29 is 19.1 Å². The summed E-state index contributed by atoms with van der Waals surface area (Å²) in [7, 11) is 0. The van der Waals surface area contributed by atoms with Crippen LogP contribution >= 0.6 is 11.6 Å². The van der Waals surface area contributed by atoms with Gasteiger partial charge in [0.15, 0.2) is 0 Å². The van der Waals surface area contributed by atoms with Crippen molar-refractivity contribution in [2.24, 2.45) is 5.92 Å². The molecule has 0 bridgehead atoms. The molecule has 0 aliphatic rings. The lowest BCUT2D eigenvalue weighted by Gasteiger charge is -2.11. The third-order valence-electron chi connectivity index (χ3n) is 3.74. The van der Waals surface area contributed by atoms with E-state index >= 15 is 0 Å². The van der Waals surface area contributed by atoms with Crippen molar-refractivity contribution in [3.63, 3.8) is 0 Å². The van der Waals surface area contributed by atoms with Gasteiger partial charge in [0.2, 0.25) is 0 Å². The first-order valence-corrected chi connectivity index (χ1v) is 9.25. The van der Waals surface area contributed by atoms with Crippen molar-refractivity contribution in [2.75, 3.05) is 19.1 Å². The maximum atomic E-state index is 11.5. The molecule has 0 unspecified atom stereocenters.